The van der Waals surface area contributed by atoms with E-state index < -0.39 is 5.60 Å². The van der Waals surface area contributed by atoms with Gasteiger partial charge >= 0.3 is 0 Å². The topological polar surface area (TPSA) is 48.4 Å². The van der Waals surface area contributed by atoms with E-state index in [9.17, 15) is 5.11 Å². The highest BCUT2D eigenvalue weighted by atomic mass is 16.3. The highest BCUT2D eigenvalue weighted by molar-refractivity contribution is 5.40. The van der Waals surface area contributed by atoms with E-state index in [2.05, 4.69) is 15.2 Å². The number of anilines is 1. The summed E-state index contributed by atoms with van der Waals surface area (Å²) >= 11 is 0. The van der Waals surface area contributed by atoms with Gasteiger partial charge in [0.05, 0.1) is 5.60 Å². The van der Waals surface area contributed by atoms with Gasteiger partial charge in [0.2, 0.25) is 0 Å². The molecule has 2 heterocycles. The maximum atomic E-state index is 9.83. The fraction of sp³-hybridized carbons (Fsp3) is 0.583. The van der Waals surface area contributed by atoms with Crippen molar-refractivity contribution in [1.82, 2.24) is 10.3 Å². The molecule has 16 heavy (non-hydrogen) atoms. The van der Waals surface area contributed by atoms with Crippen LogP contribution in [0.3, 0.4) is 0 Å². The molecule has 1 fully saturated rings. The molecule has 0 amide bonds. The van der Waals surface area contributed by atoms with Gasteiger partial charge in [-0.05, 0) is 19.9 Å². The first-order valence-corrected chi connectivity index (χ1v) is 5.72. The van der Waals surface area contributed by atoms with Gasteiger partial charge in [-0.2, -0.15) is 0 Å². The van der Waals surface area contributed by atoms with Gasteiger partial charge in [0, 0.05) is 37.9 Å². The van der Waals surface area contributed by atoms with Crippen molar-refractivity contribution in [3.63, 3.8) is 0 Å². The number of nitrogens with zero attached hydrogens (tertiary/aromatic N) is 2. The van der Waals surface area contributed by atoms with Crippen LogP contribution in [0, 0.1) is 0 Å². The highest BCUT2D eigenvalue weighted by Gasteiger charge is 2.17. The van der Waals surface area contributed by atoms with Crippen molar-refractivity contribution in [2.24, 2.45) is 0 Å². The van der Waals surface area contributed by atoms with Gasteiger partial charge in [-0.15, -0.1) is 0 Å². The van der Waals surface area contributed by atoms with E-state index in [1.54, 1.807) is 20.0 Å². The molecule has 2 rings (SSSR count). The van der Waals surface area contributed by atoms with Crippen LogP contribution < -0.4 is 10.2 Å². The third kappa shape index (κ3) is 2.51. The Balaban J connectivity index is 2.12. The van der Waals surface area contributed by atoms with Gasteiger partial charge in [-0.3, -0.25) is 0 Å². The molecule has 0 aromatic carbocycles. The van der Waals surface area contributed by atoms with E-state index in [0.717, 1.165) is 37.6 Å². The molecule has 0 unspecified atom stereocenters. The van der Waals surface area contributed by atoms with E-state index >= 15 is 0 Å². The zero-order chi connectivity index (χ0) is 11.6. The Labute approximate surface area is 96.3 Å². The zero-order valence-electron chi connectivity index (χ0n) is 9.90. The predicted molar refractivity (Wildman–Crippen MR) is 64.6 cm³/mol. The fourth-order valence-corrected chi connectivity index (χ4v) is 1.83. The number of piperazine rings is 1. The van der Waals surface area contributed by atoms with Crippen LogP contribution in [0.15, 0.2) is 18.3 Å². The molecule has 4 nitrogen and oxygen atoms in total. The van der Waals surface area contributed by atoms with Crippen LogP contribution in [0.5, 0.6) is 0 Å². The minimum absolute atomic E-state index is 0.811. The first-order chi connectivity index (χ1) is 7.57. The molecule has 1 aromatic heterocycles. The number of aliphatic hydroxyl groups is 1. The van der Waals surface area contributed by atoms with Gasteiger partial charge in [0.1, 0.15) is 5.82 Å². The van der Waals surface area contributed by atoms with Crippen molar-refractivity contribution >= 4 is 5.82 Å². The lowest BCUT2D eigenvalue weighted by molar-refractivity contribution is 0.0782. The third-order valence-electron chi connectivity index (χ3n) is 2.90. The summed E-state index contributed by atoms with van der Waals surface area (Å²) in [6.07, 6.45) is 1.76. The van der Waals surface area contributed by atoms with Crippen molar-refractivity contribution in [3.8, 4) is 0 Å². The minimum Gasteiger partial charge on any atom is -0.386 e. The van der Waals surface area contributed by atoms with Gasteiger partial charge in [-0.25, -0.2) is 4.98 Å². The average Bonchev–Trinajstić information content (AvgIpc) is 2.29. The quantitative estimate of drug-likeness (QED) is 0.772. The predicted octanol–water partition coefficient (Wildman–Crippen LogP) is 0.719. The van der Waals surface area contributed by atoms with Crippen molar-refractivity contribution in [2.75, 3.05) is 31.1 Å². The lowest BCUT2D eigenvalue weighted by Crippen LogP contribution is -2.43. The first-order valence-electron chi connectivity index (χ1n) is 5.72. The van der Waals surface area contributed by atoms with Crippen LogP contribution >= 0.6 is 0 Å². The molecule has 1 aliphatic rings. The molecular weight excluding hydrogens is 202 g/mol. The second kappa shape index (κ2) is 4.39. The highest BCUT2D eigenvalue weighted by Crippen LogP contribution is 2.20. The number of hydrogen-bond acceptors (Lipinski definition) is 4. The Hall–Kier alpha value is -1.13. The maximum Gasteiger partial charge on any atom is 0.128 e. The largest absolute Gasteiger partial charge is 0.386 e. The zero-order valence-corrected chi connectivity index (χ0v) is 9.90. The maximum absolute atomic E-state index is 9.83. The molecular formula is C12H19N3O. The van der Waals surface area contributed by atoms with Gasteiger partial charge in [0.25, 0.3) is 0 Å². The normalized spacial score (nSPS) is 17.6. The molecule has 0 atom stereocenters. The van der Waals surface area contributed by atoms with Crippen molar-refractivity contribution in [1.29, 1.82) is 0 Å². The van der Waals surface area contributed by atoms with E-state index in [1.165, 1.54) is 0 Å². The number of aromatic nitrogens is 1. The fourth-order valence-electron chi connectivity index (χ4n) is 1.83. The standard InChI is InChI=1S/C12H19N3O/c1-12(2,16)10-3-4-11(14-9-10)15-7-5-13-6-8-15/h3-4,9,13,16H,5-8H2,1-2H3. The lowest BCUT2D eigenvalue weighted by atomic mass is 10.0. The van der Waals surface area contributed by atoms with Crippen LogP contribution in [0.1, 0.15) is 19.4 Å². The molecule has 2 N–H and O–H groups in total. The second-order valence-electron chi connectivity index (χ2n) is 4.70. The average molecular weight is 221 g/mol. The monoisotopic (exact) mass is 221 g/mol. The smallest absolute Gasteiger partial charge is 0.128 e. The summed E-state index contributed by atoms with van der Waals surface area (Å²) in [6, 6.07) is 3.93. The Kier molecular flexibility index (Phi) is 3.12. The molecule has 88 valence electrons. The molecule has 0 saturated carbocycles. The molecule has 1 saturated heterocycles. The number of rotatable bonds is 2. The first kappa shape index (κ1) is 11.4. The Bertz CT molecular complexity index is 336. The van der Waals surface area contributed by atoms with Crippen molar-refractivity contribution < 1.29 is 5.11 Å². The van der Waals surface area contributed by atoms with Gasteiger partial charge in [0.15, 0.2) is 0 Å². The van der Waals surface area contributed by atoms with E-state index in [1.807, 2.05) is 12.1 Å². The molecule has 0 spiro atoms. The summed E-state index contributed by atoms with van der Waals surface area (Å²) in [7, 11) is 0. The van der Waals surface area contributed by atoms with Gasteiger partial charge in [-0.1, -0.05) is 6.07 Å². The summed E-state index contributed by atoms with van der Waals surface area (Å²) in [5.41, 5.74) is 0.0426. The van der Waals surface area contributed by atoms with E-state index in [-0.39, 0.29) is 0 Å². The minimum atomic E-state index is -0.811. The molecule has 0 aliphatic carbocycles. The van der Waals surface area contributed by atoms with Crippen LogP contribution in [-0.2, 0) is 5.60 Å². The SMILES string of the molecule is CC(C)(O)c1ccc(N2CCNCC2)nc1. The summed E-state index contributed by atoms with van der Waals surface area (Å²) in [6.45, 7) is 7.55. The van der Waals surface area contributed by atoms with Crippen molar-refractivity contribution in [2.45, 2.75) is 19.4 Å². The summed E-state index contributed by atoms with van der Waals surface area (Å²) in [5.74, 6) is 0.995. The third-order valence-corrected chi connectivity index (χ3v) is 2.90. The lowest BCUT2D eigenvalue weighted by Gasteiger charge is -2.28. The second-order valence-corrected chi connectivity index (χ2v) is 4.70. The number of hydrogen-bond donors (Lipinski definition) is 2. The molecule has 1 aromatic rings. The molecule has 4 heteroatoms. The summed E-state index contributed by atoms with van der Waals surface area (Å²) in [5, 5.41) is 13.1. The number of nitrogens with one attached hydrogen (secondary N) is 1. The summed E-state index contributed by atoms with van der Waals surface area (Å²) in [4.78, 5) is 6.66. The van der Waals surface area contributed by atoms with Crippen LogP contribution in [0.2, 0.25) is 0 Å². The van der Waals surface area contributed by atoms with Crippen LogP contribution in [-0.4, -0.2) is 36.3 Å². The van der Waals surface area contributed by atoms with E-state index in [0.29, 0.717) is 0 Å². The van der Waals surface area contributed by atoms with Crippen LogP contribution in [0.4, 0.5) is 5.82 Å². The Morgan fingerprint density at radius 3 is 2.50 bits per heavy atom. The molecule has 0 radical (unpaired) electrons. The molecule has 0 bridgehead atoms. The summed E-state index contributed by atoms with van der Waals surface area (Å²) < 4.78 is 0. The van der Waals surface area contributed by atoms with Crippen molar-refractivity contribution in [3.05, 3.63) is 23.9 Å². The Morgan fingerprint density at radius 1 is 1.31 bits per heavy atom. The number of pyridine rings is 1. The van der Waals surface area contributed by atoms with Crippen LogP contribution in [0.25, 0.3) is 0 Å². The molecule has 1 aliphatic heterocycles. The Morgan fingerprint density at radius 2 is 2.00 bits per heavy atom. The van der Waals surface area contributed by atoms with E-state index in [4.69, 9.17) is 0 Å². The van der Waals surface area contributed by atoms with Gasteiger partial charge < -0.3 is 15.3 Å².